The van der Waals surface area contributed by atoms with E-state index >= 15 is 4.39 Å². The van der Waals surface area contributed by atoms with Crippen LogP contribution in [0.1, 0.15) is 45.7 Å². The van der Waals surface area contributed by atoms with Crippen molar-refractivity contribution in [2.45, 2.75) is 32.7 Å². The Morgan fingerprint density at radius 1 is 1.33 bits per heavy atom. The maximum absolute atomic E-state index is 15.8. The second kappa shape index (κ2) is 9.08. The van der Waals surface area contributed by atoms with Crippen LogP contribution in [0.5, 0.6) is 0 Å². The Kier molecular flexibility index (Phi) is 6.00. The summed E-state index contributed by atoms with van der Waals surface area (Å²) in [5, 5.41) is 0.614. The van der Waals surface area contributed by atoms with E-state index in [9.17, 15) is 4.79 Å². The molecule has 8 heteroatoms. The highest BCUT2D eigenvalue weighted by Gasteiger charge is 2.25. The first-order chi connectivity index (χ1) is 16.0. The van der Waals surface area contributed by atoms with Gasteiger partial charge in [-0.2, -0.15) is 0 Å². The molecule has 33 heavy (non-hydrogen) atoms. The summed E-state index contributed by atoms with van der Waals surface area (Å²) in [6.07, 6.45) is 7.01. The first-order valence-corrected chi connectivity index (χ1v) is 11.3. The first kappa shape index (κ1) is 21.8. The Morgan fingerprint density at radius 2 is 2.18 bits per heavy atom. The molecule has 0 bridgehead atoms. The fraction of sp³-hybridized carbons (Fsp3) is 0.320. The van der Waals surface area contributed by atoms with E-state index in [1.807, 2.05) is 19.1 Å². The van der Waals surface area contributed by atoms with Crippen LogP contribution in [-0.2, 0) is 17.7 Å². The zero-order valence-electron chi connectivity index (χ0n) is 18.2. The average Bonchev–Trinajstić information content (AvgIpc) is 3.30. The summed E-state index contributed by atoms with van der Waals surface area (Å²) < 4.78 is 28.5. The van der Waals surface area contributed by atoms with E-state index < -0.39 is 5.82 Å². The van der Waals surface area contributed by atoms with Crippen LogP contribution < -0.4 is 0 Å². The number of carbonyl (C=O) groups excluding carboxylic acids is 1. The molecule has 0 aliphatic heterocycles. The highest BCUT2D eigenvalue weighted by Crippen LogP contribution is 2.30. The van der Waals surface area contributed by atoms with Gasteiger partial charge in [0.05, 0.1) is 31.2 Å². The lowest BCUT2D eigenvalue weighted by Crippen LogP contribution is -2.15. The highest BCUT2D eigenvalue weighted by atomic mass is 35.5. The molecular weight excluding hydrogens is 445 g/mol. The predicted octanol–water partition coefficient (Wildman–Crippen LogP) is 5.37. The molecule has 2 heterocycles. The largest absolute Gasteiger partial charge is 0.447 e. The van der Waals surface area contributed by atoms with E-state index in [1.54, 1.807) is 29.2 Å². The maximum atomic E-state index is 15.8. The van der Waals surface area contributed by atoms with Gasteiger partial charge in [0.25, 0.3) is 0 Å². The lowest BCUT2D eigenvalue weighted by Gasteiger charge is -2.14. The minimum Gasteiger partial charge on any atom is -0.447 e. The molecule has 0 unspecified atom stereocenters. The minimum atomic E-state index is -0.497. The zero-order valence-corrected chi connectivity index (χ0v) is 18.9. The zero-order chi connectivity index (χ0) is 22.9. The molecule has 1 saturated carbocycles. The number of aryl methyl sites for hydroxylation is 1. The van der Waals surface area contributed by atoms with E-state index in [4.69, 9.17) is 20.8 Å². The van der Waals surface area contributed by atoms with Gasteiger partial charge in [-0.15, -0.1) is 0 Å². The number of fused-ring (bicyclic) bond motifs is 1. The number of ether oxygens (including phenoxy) is 1. The Bertz CT molecular complexity index is 1310. The Labute approximate surface area is 195 Å². The molecule has 1 fully saturated rings. The molecule has 2 aromatic carbocycles. The van der Waals surface area contributed by atoms with Crippen molar-refractivity contribution in [3.05, 3.63) is 82.0 Å². The topological polar surface area (TPSA) is 70.2 Å². The number of imidazole rings is 1. The second-order valence-corrected chi connectivity index (χ2v) is 8.99. The Balaban J connectivity index is 1.55. The molecule has 1 aliphatic carbocycles. The highest BCUT2D eigenvalue weighted by molar-refractivity contribution is 6.30. The summed E-state index contributed by atoms with van der Waals surface area (Å²) in [6, 6.07) is 7.18. The molecule has 0 spiro atoms. The summed E-state index contributed by atoms with van der Waals surface area (Å²) >= 11 is 6.09. The number of halogens is 2. The lowest BCUT2D eigenvalue weighted by molar-refractivity contribution is 0.0738. The van der Waals surface area contributed by atoms with E-state index in [0.29, 0.717) is 46.5 Å². The van der Waals surface area contributed by atoms with Gasteiger partial charge in [-0.1, -0.05) is 17.7 Å². The van der Waals surface area contributed by atoms with E-state index in [2.05, 4.69) is 9.97 Å². The molecule has 1 aliphatic rings. The van der Waals surface area contributed by atoms with Crippen molar-refractivity contribution in [2.75, 3.05) is 13.2 Å². The first-order valence-electron chi connectivity index (χ1n) is 10.9. The van der Waals surface area contributed by atoms with Gasteiger partial charge in [0.1, 0.15) is 17.9 Å². The third kappa shape index (κ3) is 4.70. The molecule has 0 radical (unpaired) electrons. The number of Topliss-reactive ketones (excluding diaryl/α,β-unsaturated/α-hetero) is 1. The number of oxazole rings is 1. The average molecular weight is 468 g/mol. The van der Waals surface area contributed by atoms with E-state index in [-0.39, 0.29) is 24.3 Å². The maximum Gasteiger partial charge on any atom is 0.188 e. The van der Waals surface area contributed by atoms with Crippen LogP contribution >= 0.6 is 11.6 Å². The molecule has 6 nitrogen and oxygen atoms in total. The molecule has 5 rings (SSSR count). The number of hydrogen-bond acceptors (Lipinski definition) is 5. The van der Waals surface area contributed by atoms with Gasteiger partial charge < -0.3 is 13.7 Å². The smallest absolute Gasteiger partial charge is 0.188 e. The molecule has 2 aromatic heterocycles. The van der Waals surface area contributed by atoms with Crippen LogP contribution in [0, 0.1) is 18.7 Å². The third-order valence-electron chi connectivity index (χ3n) is 6.02. The summed E-state index contributed by atoms with van der Waals surface area (Å²) in [5.41, 5.74) is 3.19. The van der Waals surface area contributed by atoms with Crippen molar-refractivity contribution in [3.8, 4) is 0 Å². The second-order valence-electron chi connectivity index (χ2n) is 8.55. The molecule has 170 valence electrons. The van der Waals surface area contributed by atoms with Crippen molar-refractivity contribution in [1.82, 2.24) is 14.5 Å². The Hall–Kier alpha value is -3.03. The summed E-state index contributed by atoms with van der Waals surface area (Å²) in [7, 11) is 0. The van der Waals surface area contributed by atoms with Gasteiger partial charge in [0, 0.05) is 22.6 Å². The number of nitrogens with zero attached hydrogens (tertiary/aromatic N) is 3. The molecule has 4 aromatic rings. The number of ketones is 1. The van der Waals surface area contributed by atoms with Crippen molar-refractivity contribution in [1.29, 1.82) is 0 Å². The van der Waals surface area contributed by atoms with E-state index in [0.717, 1.165) is 24.0 Å². The molecule has 0 amide bonds. The van der Waals surface area contributed by atoms with Crippen molar-refractivity contribution in [3.63, 3.8) is 0 Å². The van der Waals surface area contributed by atoms with Crippen molar-refractivity contribution < 1.29 is 18.3 Å². The van der Waals surface area contributed by atoms with Crippen LogP contribution in [0.4, 0.5) is 4.39 Å². The lowest BCUT2D eigenvalue weighted by atomic mass is 9.94. The van der Waals surface area contributed by atoms with Crippen molar-refractivity contribution in [2.24, 2.45) is 5.92 Å². The number of benzene rings is 2. The fourth-order valence-corrected chi connectivity index (χ4v) is 4.19. The van der Waals surface area contributed by atoms with Gasteiger partial charge in [-0.3, -0.25) is 4.79 Å². The SMILES string of the molecule is Cc1cc(Cl)ccc1Cc1c(C(=O)COCC2CC2)cc2c(ncn2Cc2cnco2)c1F. The van der Waals surface area contributed by atoms with E-state index in [1.165, 1.54) is 6.39 Å². The number of hydrogen-bond donors (Lipinski definition) is 0. The number of aromatic nitrogens is 3. The van der Waals surface area contributed by atoms with Gasteiger partial charge in [-0.05, 0) is 55.0 Å². The minimum absolute atomic E-state index is 0.0791. The van der Waals surface area contributed by atoms with Gasteiger partial charge in [0.2, 0.25) is 0 Å². The molecular formula is C25H23ClFN3O3. The van der Waals surface area contributed by atoms with Crippen LogP contribution in [0.2, 0.25) is 5.02 Å². The Morgan fingerprint density at radius 3 is 2.91 bits per heavy atom. The molecule has 0 N–H and O–H groups in total. The third-order valence-corrected chi connectivity index (χ3v) is 6.26. The fourth-order valence-electron chi connectivity index (χ4n) is 3.96. The van der Waals surface area contributed by atoms with Crippen LogP contribution in [0.15, 0.2) is 47.6 Å². The van der Waals surface area contributed by atoms with Crippen molar-refractivity contribution >= 4 is 28.4 Å². The number of carbonyl (C=O) groups is 1. The van der Waals surface area contributed by atoms with Gasteiger partial charge >= 0.3 is 0 Å². The summed E-state index contributed by atoms with van der Waals surface area (Å²) in [5.74, 6) is 0.405. The van der Waals surface area contributed by atoms with Crippen LogP contribution in [0.3, 0.4) is 0 Å². The quantitative estimate of drug-likeness (QED) is 0.309. The summed E-state index contributed by atoms with van der Waals surface area (Å²) in [4.78, 5) is 21.4. The van der Waals surface area contributed by atoms with Crippen LogP contribution in [-0.4, -0.2) is 33.5 Å². The molecule has 0 atom stereocenters. The van der Waals surface area contributed by atoms with Gasteiger partial charge in [-0.25, -0.2) is 14.4 Å². The normalized spacial score (nSPS) is 13.7. The predicted molar refractivity (Wildman–Crippen MR) is 122 cm³/mol. The van der Waals surface area contributed by atoms with Gasteiger partial charge in [0.15, 0.2) is 18.0 Å². The monoisotopic (exact) mass is 467 g/mol. The van der Waals surface area contributed by atoms with Crippen LogP contribution in [0.25, 0.3) is 11.0 Å². The standard InChI is InChI=1S/C25H23ClFN3O3/c1-15-6-18(26)5-4-17(15)7-21-20(23(31)12-32-11-16-2-3-16)8-22-25(24(21)27)29-13-30(22)10-19-9-28-14-33-19/h4-6,8-9,13-14,16H,2-3,7,10-12H2,1H3. The number of rotatable bonds is 9. The molecule has 0 saturated heterocycles. The summed E-state index contributed by atoms with van der Waals surface area (Å²) in [6.45, 7) is 2.73.